The van der Waals surface area contributed by atoms with Gasteiger partial charge in [-0.1, -0.05) is 57.2 Å². The smallest absolute Gasteiger partial charge is 0.130 e. The first-order chi connectivity index (χ1) is 7.77. The van der Waals surface area contributed by atoms with Gasteiger partial charge in [0.15, 0.2) is 0 Å². The number of hydrogen-bond donors (Lipinski definition) is 3. The van der Waals surface area contributed by atoms with E-state index in [0.717, 1.165) is 13.1 Å². The van der Waals surface area contributed by atoms with Gasteiger partial charge >= 0.3 is 0 Å². The van der Waals surface area contributed by atoms with Crippen molar-refractivity contribution in [3.05, 3.63) is 0 Å². The van der Waals surface area contributed by atoms with Crippen molar-refractivity contribution >= 4 is 29.2 Å². The summed E-state index contributed by atoms with van der Waals surface area (Å²) in [6.45, 7) is 1.82. The largest absolute Gasteiger partial charge is 0.371 e. The molecule has 0 radical (unpaired) electrons. The molecule has 0 amide bonds. The van der Waals surface area contributed by atoms with Crippen LogP contribution in [-0.4, -0.2) is 17.4 Å². The van der Waals surface area contributed by atoms with E-state index in [9.17, 15) is 0 Å². The molecule has 2 nitrogen and oxygen atoms in total. The van der Waals surface area contributed by atoms with Crippen molar-refractivity contribution in [3.63, 3.8) is 0 Å². The van der Waals surface area contributed by atoms with E-state index in [1.54, 1.807) is 0 Å². The molecule has 0 aliphatic rings. The number of thiol groups is 1. The molecule has 0 rings (SSSR count). The Balaban J connectivity index is 2.90. The molecular weight excluding hydrogens is 236 g/mol. The summed E-state index contributed by atoms with van der Waals surface area (Å²) < 4.78 is 0.611. The van der Waals surface area contributed by atoms with Gasteiger partial charge in [-0.05, 0) is 19.4 Å². The Labute approximate surface area is 111 Å². The van der Waals surface area contributed by atoms with Gasteiger partial charge in [-0.3, -0.25) is 0 Å². The molecule has 0 saturated heterocycles. The van der Waals surface area contributed by atoms with Gasteiger partial charge in [-0.15, -0.1) is 12.6 Å². The molecule has 96 valence electrons. The molecule has 0 aromatic rings. The lowest BCUT2D eigenvalue weighted by Crippen LogP contribution is -2.17. The average Bonchev–Trinajstić information content (AvgIpc) is 2.25. The zero-order valence-electron chi connectivity index (χ0n) is 10.2. The van der Waals surface area contributed by atoms with Crippen molar-refractivity contribution in [2.45, 2.75) is 57.8 Å². The third-order valence-electron chi connectivity index (χ3n) is 2.66. The van der Waals surface area contributed by atoms with Crippen LogP contribution < -0.4 is 11.1 Å². The van der Waals surface area contributed by atoms with Gasteiger partial charge in [0, 0.05) is 6.54 Å². The van der Waals surface area contributed by atoms with Crippen molar-refractivity contribution in [2.24, 2.45) is 5.73 Å². The molecule has 0 aromatic carbocycles. The summed E-state index contributed by atoms with van der Waals surface area (Å²) in [6, 6.07) is 0. The second-order valence-corrected chi connectivity index (χ2v) is 5.36. The molecule has 0 aliphatic heterocycles. The second kappa shape index (κ2) is 13.3. The Morgan fingerprint density at radius 1 is 0.875 bits per heavy atom. The van der Waals surface area contributed by atoms with E-state index >= 15 is 0 Å². The van der Waals surface area contributed by atoms with E-state index in [1.807, 2.05) is 0 Å². The van der Waals surface area contributed by atoms with Crippen LogP contribution >= 0.6 is 24.8 Å². The summed E-state index contributed by atoms with van der Waals surface area (Å²) in [5.41, 5.74) is 5.44. The predicted molar refractivity (Wildman–Crippen MR) is 80.2 cm³/mol. The zero-order valence-corrected chi connectivity index (χ0v) is 11.9. The summed E-state index contributed by atoms with van der Waals surface area (Å²) in [7, 11) is 0. The van der Waals surface area contributed by atoms with Gasteiger partial charge in [-0.2, -0.15) is 0 Å². The monoisotopic (exact) mass is 262 g/mol. The Morgan fingerprint density at radius 3 is 1.75 bits per heavy atom. The average molecular weight is 262 g/mol. The van der Waals surface area contributed by atoms with Crippen LogP contribution in [0.2, 0.25) is 0 Å². The molecule has 0 bridgehead atoms. The van der Waals surface area contributed by atoms with Crippen LogP contribution in [0, 0.1) is 0 Å². The van der Waals surface area contributed by atoms with Crippen LogP contribution in [0.25, 0.3) is 0 Å². The summed E-state index contributed by atoms with van der Waals surface area (Å²) >= 11 is 8.82. The molecule has 0 spiro atoms. The molecule has 0 atom stereocenters. The third-order valence-corrected chi connectivity index (χ3v) is 2.96. The highest BCUT2D eigenvalue weighted by atomic mass is 32.1. The van der Waals surface area contributed by atoms with Crippen LogP contribution in [0.5, 0.6) is 0 Å². The van der Waals surface area contributed by atoms with Crippen LogP contribution in [0.4, 0.5) is 0 Å². The van der Waals surface area contributed by atoms with Crippen molar-refractivity contribution in [1.82, 2.24) is 5.32 Å². The van der Waals surface area contributed by atoms with Crippen molar-refractivity contribution in [1.29, 1.82) is 0 Å². The normalized spacial score (nSPS) is 10.4. The quantitative estimate of drug-likeness (QED) is 0.304. The lowest BCUT2D eigenvalue weighted by Gasteiger charge is -2.03. The maximum Gasteiger partial charge on any atom is 0.130 e. The van der Waals surface area contributed by atoms with E-state index in [4.69, 9.17) is 18.0 Å². The van der Waals surface area contributed by atoms with Crippen LogP contribution in [-0.2, 0) is 0 Å². The number of unbranched alkanes of at least 4 members (excludes halogenated alkanes) is 8. The standard InChI is InChI=1S/C12H26N2S2/c13-10-8-6-4-2-1-3-5-7-9-11-14-12(15)16/h1-11,13H2,(H2,14,15,16). The topological polar surface area (TPSA) is 38.0 Å². The number of thiocarbonyl (C=S) groups is 1. The first-order valence-electron chi connectivity index (χ1n) is 6.44. The van der Waals surface area contributed by atoms with E-state index in [2.05, 4.69) is 17.9 Å². The minimum absolute atomic E-state index is 0.611. The van der Waals surface area contributed by atoms with Crippen molar-refractivity contribution < 1.29 is 0 Å². The molecule has 0 aromatic heterocycles. The number of rotatable bonds is 11. The molecule has 0 aliphatic carbocycles. The van der Waals surface area contributed by atoms with Gasteiger partial charge in [0.25, 0.3) is 0 Å². The van der Waals surface area contributed by atoms with Crippen LogP contribution in [0.1, 0.15) is 57.8 Å². The Kier molecular flexibility index (Phi) is 13.4. The third kappa shape index (κ3) is 14.2. The SMILES string of the molecule is NCCCCCCCCCCCNC(=S)S. The fraction of sp³-hybridized carbons (Fsp3) is 0.917. The van der Waals surface area contributed by atoms with E-state index in [0.29, 0.717) is 4.32 Å². The first kappa shape index (κ1) is 16.2. The maximum absolute atomic E-state index is 5.44. The molecule has 0 saturated carbocycles. The predicted octanol–water partition coefficient (Wildman–Crippen LogP) is 3.26. The minimum atomic E-state index is 0.611. The number of nitrogens with two attached hydrogens (primary N) is 1. The van der Waals surface area contributed by atoms with Crippen LogP contribution in [0.3, 0.4) is 0 Å². The lowest BCUT2D eigenvalue weighted by atomic mass is 10.1. The molecule has 0 unspecified atom stereocenters. The minimum Gasteiger partial charge on any atom is -0.371 e. The Bertz CT molecular complexity index is 163. The van der Waals surface area contributed by atoms with E-state index < -0.39 is 0 Å². The van der Waals surface area contributed by atoms with Crippen molar-refractivity contribution in [2.75, 3.05) is 13.1 Å². The number of hydrogen-bond acceptors (Lipinski definition) is 2. The van der Waals surface area contributed by atoms with Crippen molar-refractivity contribution in [3.8, 4) is 0 Å². The maximum atomic E-state index is 5.44. The molecule has 3 N–H and O–H groups in total. The zero-order chi connectivity index (χ0) is 12.1. The lowest BCUT2D eigenvalue weighted by molar-refractivity contribution is 0.559. The fourth-order valence-electron chi connectivity index (χ4n) is 1.70. The van der Waals surface area contributed by atoms with E-state index in [-0.39, 0.29) is 0 Å². The van der Waals surface area contributed by atoms with Gasteiger partial charge in [0.05, 0.1) is 0 Å². The molecule has 4 heteroatoms. The molecular formula is C12H26N2S2. The number of nitrogens with one attached hydrogen (secondary N) is 1. The summed E-state index contributed by atoms with van der Waals surface area (Å²) in [5, 5.41) is 3.05. The molecule has 16 heavy (non-hydrogen) atoms. The van der Waals surface area contributed by atoms with Crippen LogP contribution in [0.15, 0.2) is 0 Å². The Hall–Kier alpha value is 0.200. The second-order valence-electron chi connectivity index (χ2n) is 4.20. The van der Waals surface area contributed by atoms with Gasteiger partial charge in [-0.25, -0.2) is 0 Å². The Morgan fingerprint density at radius 2 is 1.31 bits per heavy atom. The molecule has 0 heterocycles. The highest BCUT2D eigenvalue weighted by molar-refractivity contribution is 8.11. The summed E-state index contributed by atoms with van der Waals surface area (Å²) in [6.07, 6.45) is 11.8. The van der Waals surface area contributed by atoms with E-state index in [1.165, 1.54) is 57.8 Å². The van der Waals surface area contributed by atoms with Gasteiger partial charge in [0.1, 0.15) is 4.32 Å². The van der Waals surface area contributed by atoms with Gasteiger partial charge in [0.2, 0.25) is 0 Å². The fourth-order valence-corrected chi connectivity index (χ4v) is 1.92. The molecule has 0 fully saturated rings. The summed E-state index contributed by atoms with van der Waals surface area (Å²) in [4.78, 5) is 0. The highest BCUT2D eigenvalue weighted by Gasteiger charge is 1.92. The summed E-state index contributed by atoms with van der Waals surface area (Å²) in [5.74, 6) is 0. The van der Waals surface area contributed by atoms with Gasteiger partial charge < -0.3 is 11.1 Å². The first-order valence-corrected chi connectivity index (χ1v) is 7.29. The highest BCUT2D eigenvalue weighted by Crippen LogP contribution is 2.09.